The first kappa shape index (κ1) is 18.6. The number of para-hydroxylation sites is 1. The Balaban J connectivity index is 1.51. The van der Waals surface area contributed by atoms with Crippen LogP contribution in [0.2, 0.25) is 0 Å². The number of anilines is 1. The summed E-state index contributed by atoms with van der Waals surface area (Å²) in [6.45, 7) is 6.44. The molecule has 1 saturated heterocycles. The van der Waals surface area contributed by atoms with Crippen molar-refractivity contribution in [1.29, 1.82) is 0 Å². The van der Waals surface area contributed by atoms with Gasteiger partial charge in [-0.15, -0.1) is 11.3 Å². The third kappa shape index (κ3) is 3.64. The average molecular weight is 394 g/mol. The van der Waals surface area contributed by atoms with Crippen LogP contribution in [0.4, 0.5) is 5.69 Å². The molecule has 1 atom stereocenters. The Morgan fingerprint density at radius 3 is 2.68 bits per heavy atom. The molecule has 3 aromatic rings. The van der Waals surface area contributed by atoms with E-state index >= 15 is 0 Å². The number of carbonyl (C=O) groups is 2. The molecule has 2 aromatic carbocycles. The van der Waals surface area contributed by atoms with Crippen LogP contribution < -0.4 is 5.32 Å². The van der Waals surface area contributed by atoms with E-state index in [2.05, 4.69) is 16.4 Å². The zero-order chi connectivity index (χ0) is 19.9. The monoisotopic (exact) mass is 393 g/mol. The van der Waals surface area contributed by atoms with Gasteiger partial charge in [-0.3, -0.25) is 9.59 Å². The molecule has 0 bridgehead atoms. The molecule has 1 aliphatic heterocycles. The van der Waals surface area contributed by atoms with Gasteiger partial charge < -0.3 is 10.2 Å². The van der Waals surface area contributed by atoms with Crippen molar-refractivity contribution in [3.63, 3.8) is 0 Å². The fraction of sp³-hybridized carbons (Fsp3) is 0.318. The van der Waals surface area contributed by atoms with Gasteiger partial charge in [0.05, 0.1) is 16.1 Å². The lowest BCUT2D eigenvalue weighted by molar-refractivity contribution is -0.131. The number of carbonyl (C=O) groups excluding carboxylic acids is 2. The standard InChI is InChI=1S/C22H23N3O2S/c1-22(2,3)25-13-15(12-19(25)26)20(27)23-16-8-6-7-14(11-16)21-24-17-9-4-5-10-18(17)28-21/h4-11,15H,12-13H2,1-3H3,(H,23,27)/t15-/m1/s1. The first-order chi connectivity index (χ1) is 13.3. The largest absolute Gasteiger partial charge is 0.337 e. The molecule has 0 aliphatic carbocycles. The molecule has 2 amide bonds. The highest BCUT2D eigenvalue weighted by atomic mass is 32.1. The van der Waals surface area contributed by atoms with Crippen LogP contribution in [-0.4, -0.2) is 33.8 Å². The smallest absolute Gasteiger partial charge is 0.229 e. The molecule has 0 saturated carbocycles. The lowest BCUT2D eigenvalue weighted by atomic mass is 10.1. The van der Waals surface area contributed by atoms with Crippen molar-refractivity contribution in [3.8, 4) is 10.6 Å². The fourth-order valence-corrected chi connectivity index (χ4v) is 4.46. The van der Waals surface area contributed by atoms with E-state index in [0.717, 1.165) is 26.5 Å². The van der Waals surface area contributed by atoms with Crippen LogP contribution in [-0.2, 0) is 9.59 Å². The summed E-state index contributed by atoms with van der Waals surface area (Å²) in [5.74, 6) is -0.393. The predicted octanol–water partition coefficient (Wildman–Crippen LogP) is 4.55. The summed E-state index contributed by atoms with van der Waals surface area (Å²) in [6.07, 6.45) is 0.265. The molecule has 0 radical (unpaired) electrons. The molecule has 0 unspecified atom stereocenters. The number of hydrogen-bond acceptors (Lipinski definition) is 4. The summed E-state index contributed by atoms with van der Waals surface area (Å²) >= 11 is 1.63. The zero-order valence-corrected chi connectivity index (χ0v) is 17.0. The minimum Gasteiger partial charge on any atom is -0.337 e. The van der Waals surface area contributed by atoms with E-state index in [4.69, 9.17) is 0 Å². The first-order valence-corrected chi connectivity index (χ1v) is 10.2. The molecule has 28 heavy (non-hydrogen) atoms. The van der Waals surface area contributed by atoms with E-state index in [1.54, 1.807) is 16.2 Å². The molecule has 5 nitrogen and oxygen atoms in total. The minimum atomic E-state index is -0.321. The van der Waals surface area contributed by atoms with Crippen LogP contribution in [0.25, 0.3) is 20.8 Å². The Kier molecular flexibility index (Phi) is 4.67. The predicted molar refractivity (Wildman–Crippen MR) is 113 cm³/mol. The van der Waals surface area contributed by atoms with Gasteiger partial charge in [-0.05, 0) is 45.0 Å². The normalized spacial score (nSPS) is 17.3. The lowest BCUT2D eigenvalue weighted by Gasteiger charge is -2.31. The summed E-state index contributed by atoms with van der Waals surface area (Å²) in [5.41, 5.74) is 2.41. The van der Waals surface area contributed by atoms with Crippen molar-refractivity contribution < 1.29 is 9.59 Å². The Bertz CT molecular complexity index is 1020. The number of thiazole rings is 1. The van der Waals surface area contributed by atoms with Crippen molar-refractivity contribution in [2.24, 2.45) is 5.92 Å². The van der Waals surface area contributed by atoms with E-state index in [0.29, 0.717) is 6.54 Å². The van der Waals surface area contributed by atoms with Gasteiger partial charge >= 0.3 is 0 Å². The van der Waals surface area contributed by atoms with Crippen LogP contribution in [0.3, 0.4) is 0 Å². The molecular weight excluding hydrogens is 370 g/mol. The topological polar surface area (TPSA) is 62.3 Å². The number of nitrogens with zero attached hydrogens (tertiary/aromatic N) is 2. The summed E-state index contributed by atoms with van der Waals surface area (Å²) < 4.78 is 1.14. The van der Waals surface area contributed by atoms with Crippen LogP contribution >= 0.6 is 11.3 Å². The van der Waals surface area contributed by atoms with Crippen molar-refractivity contribution in [2.45, 2.75) is 32.7 Å². The van der Waals surface area contributed by atoms with E-state index in [-0.39, 0.29) is 29.7 Å². The molecule has 144 valence electrons. The molecule has 1 fully saturated rings. The van der Waals surface area contributed by atoms with Gasteiger partial charge in [0.2, 0.25) is 11.8 Å². The maximum absolute atomic E-state index is 12.7. The second-order valence-electron chi connectivity index (χ2n) is 8.13. The van der Waals surface area contributed by atoms with Crippen molar-refractivity contribution >= 4 is 39.1 Å². The van der Waals surface area contributed by atoms with E-state index in [1.807, 2.05) is 63.2 Å². The Morgan fingerprint density at radius 2 is 1.96 bits per heavy atom. The number of benzene rings is 2. The quantitative estimate of drug-likeness (QED) is 0.710. The highest BCUT2D eigenvalue weighted by Gasteiger charge is 2.39. The SMILES string of the molecule is CC(C)(C)N1C[C@H](C(=O)Nc2cccc(-c3nc4ccccc4s3)c2)CC1=O. The summed E-state index contributed by atoms with van der Waals surface area (Å²) in [7, 11) is 0. The molecule has 4 rings (SSSR count). The fourth-order valence-electron chi connectivity index (χ4n) is 3.50. The van der Waals surface area contributed by atoms with Crippen LogP contribution in [0, 0.1) is 5.92 Å². The molecule has 0 spiro atoms. The highest BCUT2D eigenvalue weighted by Crippen LogP contribution is 2.32. The molecule has 1 aromatic heterocycles. The van der Waals surface area contributed by atoms with Crippen LogP contribution in [0.1, 0.15) is 27.2 Å². The Hall–Kier alpha value is -2.73. The first-order valence-electron chi connectivity index (χ1n) is 9.38. The maximum atomic E-state index is 12.7. The number of nitrogens with one attached hydrogen (secondary N) is 1. The lowest BCUT2D eigenvalue weighted by Crippen LogP contribution is -2.42. The van der Waals surface area contributed by atoms with Gasteiger partial charge in [0.15, 0.2) is 0 Å². The van der Waals surface area contributed by atoms with Crippen molar-refractivity contribution in [2.75, 3.05) is 11.9 Å². The third-order valence-electron chi connectivity index (χ3n) is 4.98. The van der Waals surface area contributed by atoms with Gasteiger partial charge in [-0.1, -0.05) is 24.3 Å². The molecule has 1 aliphatic rings. The number of fused-ring (bicyclic) bond motifs is 1. The number of amides is 2. The Labute approximate surface area is 168 Å². The van der Waals surface area contributed by atoms with E-state index in [1.165, 1.54) is 0 Å². The second-order valence-corrected chi connectivity index (χ2v) is 9.16. The average Bonchev–Trinajstić information content (AvgIpc) is 3.25. The van der Waals surface area contributed by atoms with Gasteiger partial charge in [0, 0.05) is 29.8 Å². The summed E-state index contributed by atoms with van der Waals surface area (Å²) in [6, 6.07) is 15.8. The number of rotatable bonds is 3. The number of likely N-dealkylation sites (tertiary alicyclic amines) is 1. The molecule has 1 N–H and O–H groups in total. The van der Waals surface area contributed by atoms with Crippen molar-refractivity contribution in [1.82, 2.24) is 9.88 Å². The minimum absolute atomic E-state index is 0.0378. The summed E-state index contributed by atoms with van der Waals surface area (Å²) in [4.78, 5) is 31.4. The molecule has 2 heterocycles. The van der Waals surface area contributed by atoms with Gasteiger partial charge in [0.1, 0.15) is 5.01 Å². The van der Waals surface area contributed by atoms with Gasteiger partial charge in [0.25, 0.3) is 0 Å². The number of aromatic nitrogens is 1. The Morgan fingerprint density at radius 1 is 1.18 bits per heavy atom. The van der Waals surface area contributed by atoms with Gasteiger partial charge in [-0.2, -0.15) is 0 Å². The maximum Gasteiger partial charge on any atom is 0.229 e. The molecular formula is C22H23N3O2S. The van der Waals surface area contributed by atoms with Crippen molar-refractivity contribution in [3.05, 3.63) is 48.5 Å². The zero-order valence-electron chi connectivity index (χ0n) is 16.2. The highest BCUT2D eigenvalue weighted by molar-refractivity contribution is 7.21. The third-order valence-corrected chi connectivity index (χ3v) is 6.06. The van der Waals surface area contributed by atoms with Crippen LogP contribution in [0.5, 0.6) is 0 Å². The summed E-state index contributed by atoms with van der Waals surface area (Å²) in [5, 5.41) is 3.90. The number of hydrogen-bond donors (Lipinski definition) is 1. The van der Waals surface area contributed by atoms with Gasteiger partial charge in [-0.25, -0.2) is 4.98 Å². The van der Waals surface area contributed by atoms with E-state index < -0.39 is 0 Å². The second kappa shape index (κ2) is 7.02. The van der Waals surface area contributed by atoms with E-state index in [9.17, 15) is 9.59 Å². The van der Waals surface area contributed by atoms with Crippen LogP contribution in [0.15, 0.2) is 48.5 Å². The molecule has 6 heteroatoms.